The summed E-state index contributed by atoms with van der Waals surface area (Å²) < 4.78 is 6.64. The van der Waals surface area contributed by atoms with E-state index in [0.29, 0.717) is 6.61 Å². The smallest absolute Gasteiger partial charge is 0.139 e. The van der Waals surface area contributed by atoms with Gasteiger partial charge in [0.05, 0.1) is 6.20 Å². The molecule has 1 heterocycles. The third-order valence-electron chi connectivity index (χ3n) is 2.58. The zero-order chi connectivity index (χ0) is 12.3. The summed E-state index contributed by atoms with van der Waals surface area (Å²) in [5, 5.41) is 0. The highest BCUT2D eigenvalue weighted by Crippen LogP contribution is 2.18. The van der Waals surface area contributed by atoms with E-state index < -0.39 is 0 Å². The molecule has 3 heteroatoms. The third kappa shape index (κ3) is 3.30. The van der Waals surface area contributed by atoms with E-state index >= 15 is 0 Å². The summed E-state index contributed by atoms with van der Waals surface area (Å²) in [4.78, 5) is 4.06. The van der Waals surface area contributed by atoms with Gasteiger partial charge in [0.25, 0.3) is 0 Å². The highest BCUT2D eigenvalue weighted by molar-refractivity contribution is 9.10. The molecule has 0 spiro atoms. The van der Waals surface area contributed by atoms with Gasteiger partial charge in [-0.25, -0.2) is 0 Å². The topological polar surface area (TPSA) is 22.1 Å². The average Bonchev–Trinajstić information content (AvgIpc) is 2.30. The summed E-state index contributed by atoms with van der Waals surface area (Å²) in [7, 11) is 0. The first kappa shape index (κ1) is 12.1. The quantitative estimate of drug-likeness (QED) is 0.851. The molecule has 0 radical (unpaired) electrons. The summed E-state index contributed by atoms with van der Waals surface area (Å²) in [6.07, 6.45) is 3.46. The fourth-order valence-corrected chi connectivity index (χ4v) is 1.93. The molecular weight excluding hydrogens is 278 g/mol. The number of rotatable bonds is 3. The lowest BCUT2D eigenvalue weighted by atomic mass is 10.1. The van der Waals surface area contributed by atoms with Gasteiger partial charge in [0.2, 0.25) is 0 Å². The molecule has 1 aromatic carbocycles. The minimum Gasteiger partial charge on any atom is -0.487 e. The molecule has 88 valence electrons. The van der Waals surface area contributed by atoms with Crippen molar-refractivity contribution in [3.05, 3.63) is 57.8 Å². The second-order valence-electron chi connectivity index (χ2n) is 4.06. The molecular formula is C14H14BrNO. The van der Waals surface area contributed by atoms with Crippen LogP contribution in [0.25, 0.3) is 0 Å². The highest BCUT2D eigenvalue weighted by Gasteiger charge is 2.01. The van der Waals surface area contributed by atoms with Crippen LogP contribution < -0.4 is 4.74 Å². The van der Waals surface area contributed by atoms with E-state index in [0.717, 1.165) is 10.2 Å². The largest absolute Gasteiger partial charge is 0.487 e. The highest BCUT2D eigenvalue weighted by atomic mass is 79.9. The fraction of sp³-hybridized carbons (Fsp3) is 0.214. The van der Waals surface area contributed by atoms with Crippen LogP contribution in [0.5, 0.6) is 5.75 Å². The second kappa shape index (κ2) is 5.32. The van der Waals surface area contributed by atoms with Crippen molar-refractivity contribution in [2.75, 3.05) is 0 Å². The number of hydrogen-bond donors (Lipinski definition) is 0. The van der Waals surface area contributed by atoms with Gasteiger partial charge in [-0.2, -0.15) is 0 Å². The van der Waals surface area contributed by atoms with Crippen molar-refractivity contribution in [1.29, 1.82) is 0 Å². The molecule has 2 nitrogen and oxygen atoms in total. The van der Waals surface area contributed by atoms with Gasteiger partial charge in [-0.15, -0.1) is 0 Å². The van der Waals surface area contributed by atoms with Crippen LogP contribution in [0.4, 0.5) is 0 Å². The van der Waals surface area contributed by atoms with Crippen LogP contribution in [0.2, 0.25) is 0 Å². The fourth-order valence-electron chi connectivity index (χ4n) is 1.59. The summed E-state index contributed by atoms with van der Waals surface area (Å²) in [5.41, 5.74) is 3.71. The van der Waals surface area contributed by atoms with Gasteiger partial charge in [0.15, 0.2) is 0 Å². The molecule has 0 N–H and O–H groups in total. The number of benzene rings is 1. The van der Waals surface area contributed by atoms with Gasteiger partial charge in [-0.1, -0.05) is 23.8 Å². The van der Waals surface area contributed by atoms with Gasteiger partial charge in [-0.3, -0.25) is 4.98 Å². The molecule has 0 amide bonds. The van der Waals surface area contributed by atoms with Gasteiger partial charge in [0, 0.05) is 10.7 Å². The Balaban J connectivity index is 2.09. The Morgan fingerprint density at radius 3 is 2.76 bits per heavy atom. The van der Waals surface area contributed by atoms with E-state index in [4.69, 9.17) is 4.74 Å². The monoisotopic (exact) mass is 291 g/mol. The van der Waals surface area contributed by atoms with Crippen LogP contribution in [0, 0.1) is 13.8 Å². The lowest BCUT2D eigenvalue weighted by molar-refractivity contribution is 0.304. The summed E-state index contributed by atoms with van der Waals surface area (Å²) >= 11 is 3.37. The molecule has 0 unspecified atom stereocenters. The van der Waals surface area contributed by atoms with Crippen molar-refractivity contribution in [2.24, 2.45) is 0 Å². The maximum atomic E-state index is 5.72. The maximum Gasteiger partial charge on any atom is 0.139 e. The first-order valence-corrected chi connectivity index (χ1v) is 6.24. The van der Waals surface area contributed by atoms with Crippen molar-refractivity contribution < 1.29 is 4.74 Å². The summed E-state index contributed by atoms with van der Waals surface area (Å²) in [5.74, 6) is 0.778. The molecule has 17 heavy (non-hydrogen) atoms. The lowest BCUT2D eigenvalue weighted by Crippen LogP contribution is -1.98. The maximum absolute atomic E-state index is 5.72. The second-order valence-corrected chi connectivity index (χ2v) is 4.97. The Morgan fingerprint density at radius 1 is 1.18 bits per heavy atom. The van der Waals surface area contributed by atoms with Crippen molar-refractivity contribution in [2.45, 2.75) is 20.5 Å². The van der Waals surface area contributed by atoms with E-state index in [2.05, 4.69) is 53.0 Å². The number of halogens is 1. The number of aromatic nitrogens is 1. The van der Waals surface area contributed by atoms with Gasteiger partial charge >= 0.3 is 0 Å². The molecule has 0 fully saturated rings. The molecule has 0 aliphatic carbocycles. The Bertz CT molecular complexity index is 525. The van der Waals surface area contributed by atoms with Crippen LogP contribution in [-0.4, -0.2) is 4.98 Å². The molecule has 2 aromatic rings. The zero-order valence-electron chi connectivity index (χ0n) is 9.90. The van der Waals surface area contributed by atoms with Crippen LogP contribution in [-0.2, 0) is 6.61 Å². The predicted molar refractivity (Wildman–Crippen MR) is 72.2 cm³/mol. The van der Waals surface area contributed by atoms with Crippen molar-refractivity contribution >= 4 is 15.9 Å². The standard InChI is InChI=1S/C14H14BrNO/c1-10-3-4-11(2)12(5-10)9-17-14-6-13(15)7-16-8-14/h3-8H,9H2,1-2H3. The van der Waals surface area contributed by atoms with Crippen molar-refractivity contribution in [1.82, 2.24) is 4.98 Å². The zero-order valence-corrected chi connectivity index (χ0v) is 11.5. The Labute approximate surface area is 110 Å². The van der Waals surface area contributed by atoms with Crippen LogP contribution in [0.3, 0.4) is 0 Å². The number of pyridine rings is 1. The van der Waals surface area contributed by atoms with Crippen LogP contribution >= 0.6 is 15.9 Å². The van der Waals surface area contributed by atoms with E-state index in [-0.39, 0.29) is 0 Å². The molecule has 0 aliphatic heterocycles. The van der Waals surface area contributed by atoms with Gasteiger partial charge < -0.3 is 4.74 Å². The Hall–Kier alpha value is -1.35. The van der Waals surface area contributed by atoms with Crippen LogP contribution in [0.1, 0.15) is 16.7 Å². The summed E-state index contributed by atoms with van der Waals surface area (Å²) in [6.45, 7) is 4.76. The number of nitrogens with zero attached hydrogens (tertiary/aromatic N) is 1. The predicted octanol–water partition coefficient (Wildman–Crippen LogP) is 4.04. The molecule has 0 bridgehead atoms. The molecule has 0 atom stereocenters. The molecule has 1 aromatic heterocycles. The number of hydrogen-bond acceptors (Lipinski definition) is 2. The first-order chi connectivity index (χ1) is 8.15. The number of ether oxygens (including phenoxy) is 1. The molecule has 2 rings (SSSR count). The Kier molecular flexibility index (Phi) is 3.79. The van der Waals surface area contributed by atoms with E-state index in [1.165, 1.54) is 16.7 Å². The van der Waals surface area contributed by atoms with E-state index in [1.54, 1.807) is 12.4 Å². The lowest BCUT2D eigenvalue weighted by Gasteiger charge is -2.09. The average molecular weight is 292 g/mol. The summed E-state index contributed by atoms with van der Waals surface area (Å²) in [6, 6.07) is 8.30. The SMILES string of the molecule is Cc1ccc(C)c(COc2cncc(Br)c2)c1. The normalized spacial score (nSPS) is 10.3. The first-order valence-electron chi connectivity index (χ1n) is 5.44. The van der Waals surface area contributed by atoms with Gasteiger partial charge in [-0.05, 0) is 47.0 Å². The minimum atomic E-state index is 0.575. The van der Waals surface area contributed by atoms with Crippen LogP contribution in [0.15, 0.2) is 41.1 Å². The Morgan fingerprint density at radius 2 is 2.00 bits per heavy atom. The molecule has 0 saturated heterocycles. The van der Waals surface area contributed by atoms with E-state index in [1.807, 2.05) is 6.07 Å². The number of aryl methyl sites for hydroxylation is 2. The van der Waals surface area contributed by atoms with E-state index in [9.17, 15) is 0 Å². The van der Waals surface area contributed by atoms with Crippen molar-refractivity contribution in [3.8, 4) is 5.75 Å². The van der Waals surface area contributed by atoms with Gasteiger partial charge in [0.1, 0.15) is 12.4 Å². The minimum absolute atomic E-state index is 0.575. The molecule has 0 saturated carbocycles. The van der Waals surface area contributed by atoms with Crippen molar-refractivity contribution in [3.63, 3.8) is 0 Å². The third-order valence-corrected chi connectivity index (χ3v) is 3.01. The molecule has 0 aliphatic rings.